The van der Waals surface area contributed by atoms with E-state index in [1.807, 2.05) is 0 Å². The van der Waals surface area contributed by atoms with Gasteiger partial charge in [0.05, 0.1) is 30.5 Å². The van der Waals surface area contributed by atoms with Gasteiger partial charge in [0.25, 0.3) is 5.91 Å². The van der Waals surface area contributed by atoms with Crippen LogP contribution in [0.5, 0.6) is 0 Å². The number of carbonyl (C=O) groups excluding carboxylic acids is 1. The highest BCUT2D eigenvalue weighted by Crippen LogP contribution is 2.27. The third-order valence-electron chi connectivity index (χ3n) is 5.72. The summed E-state index contributed by atoms with van der Waals surface area (Å²) in [5.74, 6) is 1.72. The fourth-order valence-electron chi connectivity index (χ4n) is 4.28. The zero-order valence-electron chi connectivity index (χ0n) is 18.3. The van der Waals surface area contributed by atoms with E-state index in [0.29, 0.717) is 42.0 Å². The van der Waals surface area contributed by atoms with E-state index < -0.39 is 10.0 Å². The maximum absolute atomic E-state index is 13.2. The summed E-state index contributed by atoms with van der Waals surface area (Å²) in [6.45, 7) is 5.74. The standard InChI is InChI=1S/C24H28N2O5S/c1-18-13-19(2)15-26(14-18)32(28,29)23-9-7-20(8-10-23)24(27)25(16-21-5-3-11-30-21)17-22-6-4-12-31-22/h3-12,18-19H,13-17H2,1-2H3. The predicted molar refractivity (Wildman–Crippen MR) is 119 cm³/mol. The van der Waals surface area contributed by atoms with Gasteiger partial charge in [-0.15, -0.1) is 0 Å². The van der Waals surface area contributed by atoms with Crippen molar-refractivity contribution in [2.75, 3.05) is 13.1 Å². The lowest BCUT2D eigenvalue weighted by atomic mass is 9.94. The molecule has 0 N–H and O–H groups in total. The number of nitrogens with zero attached hydrogens (tertiary/aromatic N) is 2. The summed E-state index contributed by atoms with van der Waals surface area (Å²) < 4.78 is 38.6. The van der Waals surface area contributed by atoms with Gasteiger partial charge in [-0.3, -0.25) is 4.79 Å². The number of piperidine rings is 1. The van der Waals surface area contributed by atoms with Crippen LogP contribution in [0.3, 0.4) is 0 Å². The van der Waals surface area contributed by atoms with Crippen LogP contribution in [0.1, 0.15) is 42.1 Å². The molecule has 2 atom stereocenters. The molecule has 1 aliphatic heterocycles. The second-order valence-electron chi connectivity index (χ2n) is 8.61. The van der Waals surface area contributed by atoms with E-state index in [-0.39, 0.29) is 23.9 Å². The molecule has 1 fully saturated rings. The smallest absolute Gasteiger partial charge is 0.254 e. The molecule has 1 aliphatic rings. The van der Waals surface area contributed by atoms with Gasteiger partial charge in [-0.05, 0) is 66.8 Å². The summed E-state index contributed by atoms with van der Waals surface area (Å²) in [5, 5.41) is 0. The Morgan fingerprint density at radius 3 is 1.94 bits per heavy atom. The molecule has 0 radical (unpaired) electrons. The first kappa shape index (κ1) is 22.4. The van der Waals surface area contributed by atoms with Gasteiger partial charge in [-0.2, -0.15) is 4.31 Å². The van der Waals surface area contributed by atoms with Crippen molar-refractivity contribution in [3.8, 4) is 0 Å². The highest BCUT2D eigenvalue weighted by molar-refractivity contribution is 7.89. The first-order valence-electron chi connectivity index (χ1n) is 10.8. The summed E-state index contributed by atoms with van der Waals surface area (Å²) in [7, 11) is -3.59. The Bertz CT molecular complexity index is 1080. The quantitative estimate of drug-likeness (QED) is 0.527. The van der Waals surface area contributed by atoms with Gasteiger partial charge in [-0.1, -0.05) is 13.8 Å². The monoisotopic (exact) mass is 456 g/mol. The normalized spacial score (nSPS) is 19.7. The number of hydrogen-bond acceptors (Lipinski definition) is 5. The zero-order chi connectivity index (χ0) is 22.7. The topological polar surface area (TPSA) is 84.0 Å². The van der Waals surface area contributed by atoms with Crippen molar-refractivity contribution in [2.45, 2.75) is 38.3 Å². The number of furan rings is 2. The highest BCUT2D eigenvalue weighted by atomic mass is 32.2. The van der Waals surface area contributed by atoms with Crippen LogP contribution in [0, 0.1) is 11.8 Å². The molecule has 0 bridgehead atoms. The molecule has 1 saturated heterocycles. The molecule has 0 spiro atoms. The Morgan fingerprint density at radius 2 is 1.47 bits per heavy atom. The van der Waals surface area contributed by atoms with E-state index in [1.165, 1.54) is 12.1 Å². The Morgan fingerprint density at radius 1 is 0.938 bits per heavy atom. The van der Waals surface area contributed by atoms with Crippen LogP contribution in [0.4, 0.5) is 0 Å². The molecule has 2 aromatic heterocycles. The van der Waals surface area contributed by atoms with Crippen LogP contribution in [0.2, 0.25) is 0 Å². The Hall–Kier alpha value is -2.84. The molecule has 4 rings (SSSR count). The Kier molecular flexibility index (Phi) is 6.53. The number of amides is 1. The first-order valence-corrected chi connectivity index (χ1v) is 12.2. The SMILES string of the molecule is CC1CC(C)CN(S(=O)(=O)c2ccc(C(=O)N(Cc3ccco3)Cc3ccco3)cc2)C1. The lowest BCUT2D eigenvalue weighted by Gasteiger charge is -2.34. The van der Waals surface area contributed by atoms with Gasteiger partial charge in [-0.25, -0.2) is 8.42 Å². The molecular formula is C24H28N2O5S. The first-order chi connectivity index (χ1) is 15.3. The van der Waals surface area contributed by atoms with Crippen molar-refractivity contribution in [2.24, 2.45) is 11.8 Å². The summed E-state index contributed by atoms with van der Waals surface area (Å²) in [6.07, 6.45) is 4.15. The third kappa shape index (κ3) is 4.97. The molecule has 3 aromatic rings. The number of hydrogen-bond donors (Lipinski definition) is 0. The fraction of sp³-hybridized carbons (Fsp3) is 0.375. The second-order valence-corrected chi connectivity index (χ2v) is 10.6. The molecule has 7 nitrogen and oxygen atoms in total. The summed E-state index contributed by atoms with van der Waals surface area (Å²) >= 11 is 0. The molecule has 32 heavy (non-hydrogen) atoms. The van der Waals surface area contributed by atoms with Crippen molar-refractivity contribution in [1.82, 2.24) is 9.21 Å². The molecule has 2 unspecified atom stereocenters. The van der Waals surface area contributed by atoms with Crippen LogP contribution in [0.25, 0.3) is 0 Å². The third-order valence-corrected chi connectivity index (χ3v) is 7.56. The lowest BCUT2D eigenvalue weighted by molar-refractivity contribution is 0.0704. The number of rotatable bonds is 7. The zero-order valence-corrected chi connectivity index (χ0v) is 19.1. The predicted octanol–water partition coefficient (Wildman–Crippen LogP) is 4.38. The van der Waals surface area contributed by atoms with Gasteiger partial charge >= 0.3 is 0 Å². The molecule has 170 valence electrons. The van der Waals surface area contributed by atoms with Crippen molar-refractivity contribution in [3.63, 3.8) is 0 Å². The van der Waals surface area contributed by atoms with Crippen LogP contribution in [0.15, 0.2) is 74.8 Å². The number of benzene rings is 1. The van der Waals surface area contributed by atoms with Gasteiger partial charge in [0.15, 0.2) is 0 Å². The van der Waals surface area contributed by atoms with Crippen molar-refractivity contribution < 1.29 is 22.0 Å². The van der Waals surface area contributed by atoms with E-state index >= 15 is 0 Å². The van der Waals surface area contributed by atoms with Gasteiger partial charge in [0.2, 0.25) is 10.0 Å². The minimum Gasteiger partial charge on any atom is -0.467 e. The van der Waals surface area contributed by atoms with Crippen LogP contribution < -0.4 is 0 Å². The molecule has 3 heterocycles. The summed E-state index contributed by atoms with van der Waals surface area (Å²) in [6, 6.07) is 13.3. The highest BCUT2D eigenvalue weighted by Gasteiger charge is 2.31. The molecule has 0 aliphatic carbocycles. The summed E-state index contributed by atoms with van der Waals surface area (Å²) in [5.41, 5.74) is 0.405. The molecule has 0 saturated carbocycles. The molecular weight excluding hydrogens is 428 g/mol. The average molecular weight is 457 g/mol. The van der Waals surface area contributed by atoms with Gasteiger partial charge in [0.1, 0.15) is 11.5 Å². The minimum absolute atomic E-state index is 0.207. The minimum atomic E-state index is -3.59. The van der Waals surface area contributed by atoms with E-state index in [2.05, 4.69) is 13.8 Å². The molecule has 1 aromatic carbocycles. The largest absolute Gasteiger partial charge is 0.467 e. The van der Waals surface area contributed by atoms with Gasteiger partial charge < -0.3 is 13.7 Å². The van der Waals surface area contributed by atoms with Crippen LogP contribution in [-0.2, 0) is 23.1 Å². The number of sulfonamides is 1. The van der Waals surface area contributed by atoms with Crippen LogP contribution in [-0.4, -0.2) is 36.6 Å². The van der Waals surface area contributed by atoms with E-state index in [0.717, 1.165) is 6.42 Å². The summed E-state index contributed by atoms with van der Waals surface area (Å²) in [4.78, 5) is 15.0. The average Bonchev–Trinajstić information content (AvgIpc) is 3.46. The maximum atomic E-state index is 13.2. The van der Waals surface area contributed by atoms with Crippen molar-refractivity contribution in [3.05, 3.63) is 78.1 Å². The van der Waals surface area contributed by atoms with E-state index in [1.54, 1.807) is 58.1 Å². The van der Waals surface area contributed by atoms with Crippen molar-refractivity contribution >= 4 is 15.9 Å². The van der Waals surface area contributed by atoms with Crippen LogP contribution >= 0.6 is 0 Å². The molecule has 8 heteroatoms. The van der Waals surface area contributed by atoms with E-state index in [4.69, 9.17) is 8.83 Å². The van der Waals surface area contributed by atoms with Gasteiger partial charge in [0, 0.05) is 18.7 Å². The molecule has 1 amide bonds. The second kappa shape index (κ2) is 9.34. The lowest BCUT2D eigenvalue weighted by Crippen LogP contribution is -2.42. The van der Waals surface area contributed by atoms with Crippen molar-refractivity contribution in [1.29, 1.82) is 0 Å². The van der Waals surface area contributed by atoms with E-state index in [9.17, 15) is 13.2 Å². The Labute approximate surface area is 188 Å². The maximum Gasteiger partial charge on any atom is 0.254 e. The Balaban J connectivity index is 1.54. The number of carbonyl (C=O) groups is 1. The fourth-order valence-corrected chi connectivity index (χ4v) is 5.96.